The van der Waals surface area contributed by atoms with Gasteiger partial charge in [0, 0.05) is 37.0 Å². The van der Waals surface area contributed by atoms with Crippen molar-refractivity contribution >= 4 is 0 Å². The van der Waals surface area contributed by atoms with Gasteiger partial charge in [0.05, 0.1) is 24.0 Å². The number of rotatable bonds is 6. The minimum atomic E-state index is 0.114. The smallest absolute Gasteiger partial charge is 0.0787 e. The van der Waals surface area contributed by atoms with Gasteiger partial charge >= 0.3 is 0 Å². The summed E-state index contributed by atoms with van der Waals surface area (Å²) in [5.41, 5.74) is 10.7. The molecule has 4 heteroatoms. The van der Waals surface area contributed by atoms with Gasteiger partial charge in [-0.2, -0.15) is 0 Å². The molecule has 0 aromatic carbocycles. The van der Waals surface area contributed by atoms with Gasteiger partial charge in [0.15, 0.2) is 0 Å². The van der Waals surface area contributed by atoms with E-state index in [2.05, 4.69) is 51.5 Å². The van der Waals surface area contributed by atoms with E-state index in [0.717, 1.165) is 12.8 Å². The molecule has 0 bridgehead atoms. The lowest BCUT2D eigenvalue weighted by Crippen LogP contribution is -2.54. The first kappa shape index (κ1) is 19.2. The van der Waals surface area contributed by atoms with Crippen molar-refractivity contribution in [3.8, 4) is 0 Å². The van der Waals surface area contributed by atoms with E-state index in [9.17, 15) is 0 Å². The molecule has 0 saturated heterocycles. The molecule has 0 aliphatic heterocycles. The van der Waals surface area contributed by atoms with E-state index in [-0.39, 0.29) is 24.0 Å². The SMILES string of the molecule is CCc1c(C)[nH]c(C2C(OC)C(c3[nH]c(C)c(CC)c3C)C2OC)c1C. The summed E-state index contributed by atoms with van der Waals surface area (Å²) in [7, 11) is 3.66. The lowest BCUT2D eigenvalue weighted by atomic mass is 9.64. The Hall–Kier alpha value is -1.52. The third-order valence-electron chi connectivity index (χ3n) is 6.60. The van der Waals surface area contributed by atoms with Crippen LogP contribution in [0.1, 0.15) is 70.7 Å². The number of nitrogens with one attached hydrogen (secondary N) is 2. The molecule has 144 valence electrons. The van der Waals surface area contributed by atoms with Crippen molar-refractivity contribution in [1.29, 1.82) is 0 Å². The van der Waals surface area contributed by atoms with Gasteiger partial charge in [-0.3, -0.25) is 0 Å². The largest absolute Gasteiger partial charge is 0.380 e. The summed E-state index contributed by atoms with van der Waals surface area (Å²) in [6, 6.07) is 0. The average molecular weight is 359 g/mol. The Kier molecular flexibility index (Phi) is 5.36. The van der Waals surface area contributed by atoms with Gasteiger partial charge in [-0.15, -0.1) is 0 Å². The number of hydrogen-bond donors (Lipinski definition) is 2. The zero-order valence-corrected chi connectivity index (χ0v) is 17.5. The first-order chi connectivity index (χ1) is 12.4. The zero-order valence-electron chi connectivity index (χ0n) is 17.5. The molecule has 2 N–H and O–H groups in total. The Morgan fingerprint density at radius 1 is 0.692 bits per heavy atom. The van der Waals surface area contributed by atoms with Crippen LogP contribution in [0, 0.1) is 27.7 Å². The van der Waals surface area contributed by atoms with E-state index in [4.69, 9.17) is 9.47 Å². The Bertz CT molecular complexity index is 712. The van der Waals surface area contributed by atoms with Crippen LogP contribution in [-0.4, -0.2) is 36.4 Å². The lowest BCUT2D eigenvalue weighted by Gasteiger charge is -2.50. The molecule has 4 nitrogen and oxygen atoms in total. The van der Waals surface area contributed by atoms with Gasteiger partial charge in [-0.05, 0) is 62.8 Å². The van der Waals surface area contributed by atoms with Crippen molar-refractivity contribution in [3.05, 3.63) is 45.0 Å². The van der Waals surface area contributed by atoms with Crippen molar-refractivity contribution in [2.75, 3.05) is 14.2 Å². The molecule has 0 unspecified atom stereocenters. The summed E-state index contributed by atoms with van der Waals surface area (Å²) in [6.45, 7) is 13.2. The molecule has 2 heterocycles. The maximum absolute atomic E-state index is 6.01. The fourth-order valence-corrected chi connectivity index (χ4v) is 5.28. The second kappa shape index (κ2) is 7.24. The number of aromatic nitrogens is 2. The third-order valence-corrected chi connectivity index (χ3v) is 6.60. The molecule has 1 fully saturated rings. The number of aryl methyl sites for hydroxylation is 2. The summed E-state index contributed by atoms with van der Waals surface area (Å²) in [5, 5.41) is 0. The standard InChI is InChI=1S/C22H34N2O2/c1-9-15-11(3)19(23-13(15)5)17-21(25-7)18(22(17)26-8)20-12(4)16(10-2)14(6)24-20/h17-18,21-24H,9-10H2,1-8H3. The number of hydrogen-bond acceptors (Lipinski definition) is 2. The van der Waals surface area contributed by atoms with E-state index >= 15 is 0 Å². The fraction of sp³-hybridized carbons (Fsp3) is 0.636. The maximum Gasteiger partial charge on any atom is 0.0787 e. The van der Waals surface area contributed by atoms with Crippen LogP contribution in [0.3, 0.4) is 0 Å². The van der Waals surface area contributed by atoms with Crippen LogP contribution in [-0.2, 0) is 22.3 Å². The number of methoxy groups -OCH3 is 2. The molecule has 0 spiro atoms. The highest BCUT2D eigenvalue weighted by Gasteiger charge is 2.55. The highest BCUT2D eigenvalue weighted by Crippen LogP contribution is 2.52. The molecule has 2 aromatic heterocycles. The van der Waals surface area contributed by atoms with Gasteiger partial charge in [0.1, 0.15) is 0 Å². The Labute approximate surface area is 157 Å². The van der Waals surface area contributed by atoms with E-state index in [1.165, 1.54) is 45.0 Å². The topological polar surface area (TPSA) is 50.0 Å². The Balaban J connectivity index is 2.02. The van der Waals surface area contributed by atoms with Crippen LogP contribution in [0.5, 0.6) is 0 Å². The highest BCUT2D eigenvalue weighted by molar-refractivity contribution is 5.45. The molecule has 3 rings (SSSR count). The summed E-state index contributed by atoms with van der Waals surface area (Å²) >= 11 is 0. The molecule has 1 aliphatic rings. The third kappa shape index (κ3) is 2.66. The Morgan fingerprint density at radius 3 is 1.27 bits per heavy atom. The van der Waals surface area contributed by atoms with Crippen molar-refractivity contribution < 1.29 is 9.47 Å². The molecular formula is C22H34N2O2. The first-order valence-corrected chi connectivity index (χ1v) is 9.82. The number of H-pyrrole nitrogens is 2. The predicted octanol–water partition coefficient (Wildman–Crippen LogP) is 4.61. The summed E-state index contributed by atoms with van der Waals surface area (Å²) in [5.74, 6) is 0.476. The second-order valence-electron chi connectivity index (χ2n) is 7.69. The highest BCUT2D eigenvalue weighted by atomic mass is 16.5. The monoisotopic (exact) mass is 358 g/mol. The maximum atomic E-state index is 6.01. The molecule has 0 atom stereocenters. The fourth-order valence-electron chi connectivity index (χ4n) is 5.28. The van der Waals surface area contributed by atoms with Gasteiger partial charge in [-0.1, -0.05) is 13.8 Å². The van der Waals surface area contributed by atoms with Crippen LogP contribution in [0.4, 0.5) is 0 Å². The molecule has 0 radical (unpaired) electrons. The molecular weight excluding hydrogens is 324 g/mol. The van der Waals surface area contributed by atoms with E-state index in [1.54, 1.807) is 0 Å². The van der Waals surface area contributed by atoms with Crippen LogP contribution < -0.4 is 0 Å². The van der Waals surface area contributed by atoms with Crippen molar-refractivity contribution in [3.63, 3.8) is 0 Å². The minimum absolute atomic E-state index is 0.114. The van der Waals surface area contributed by atoms with Crippen LogP contribution in [0.2, 0.25) is 0 Å². The van der Waals surface area contributed by atoms with E-state index in [1.807, 2.05) is 14.2 Å². The van der Waals surface area contributed by atoms with Gasteiger partial charge in [-0.25, -0.2) is 0 Å². The molecule has 26 heavy (non-hydrogen) atoms. The predicted molar refractivity (Wildman–Crippen MR) is 106 cm³/mol. The van der Waals surface area contributed by atoms with Crippen molar-refractivity contribution in [1.82, 2.24) is 9.97 Å². The number of aromatic amines is 2. The van der Waals surface area contributed by atoms with Crippen LogP contribution in [0.25, 0.3) is 0 Å². The number of ether oxygens (including phenoxy) is 2. The van der Waals surface area contributed by atoms with Gasteiger partial charge in [0.2, 0.25) is 0 Å². The van der Waals surface area contributed by atoms with E-state index in [0.29, 0.717) is 0 Å². The normalized spacial score (nSPS) is 25.5. The van der Waals surface area contributed by atoms with Crippen LogP contribution >= 0.6 is 0 Å². The second-order valence-corrected chi connectivity index (χ2v) is 7.69. The van der Waals surface area contributed by atoms with Gasteiger partial charge in [0.25, 0.3) is 0 Å². The van der Waals surface area contributed by atoms with E-state index < -0.39 is 0 Å². The zero-order chi connectivity index (χ0) is 19.2. The lowest BCUT2D eigenvalue weighted by molar-refractivity contribution is -0.118. The quantitative estimate of drug-likeness (QED) is 0.792. The molecule has 1 aliphatic carbocycles. The van der Waals surface area contributed by atoms with Crippen molar-refractivity contribution in [2.45, 2.75) is 78.4 Å². The summed E-state index contributed by atoms with van der Waals surface area (Å²) < 4.78 is 12.0. The Morgan fingerprint density at radius 2 is 1.04 bits per heavy atom. The molecule has 0 amide bonds. The molecule has 2 aromatic rings. The molecule has 1 saturated carbocycles. The summed E-state index contributed by atoms with van der Waals surface area (Å²) in [4.78, 5) is 7.28. The first-order valence-electron chi connectivity index (χ1n) is 9.82. The summed E-state index contributed by atoms with van der Waals surface area (Å²) in [6.07, 6.45) is 2.33. The van der Waals surface area contributed by atoms with Crippen molar-refractivity contribution in [2.24, 2.45) is 0 Å². The van der Waals surface area contributed by atoms with Crippen LogP contribution in [0.15, 0.2) is 0 Å². The van der Waals surface area contributed by atoms with Gasteiger partial charge < -0.3 is 19.4 Å². The minimum Gasteiger partial charge on any atom is -0.380 e. The average Bonchev–Trinajstić information content (AvgIpc) is 3.03.